The van der Waals surface area contributed by atoms with E-state index in [2.05, 4.69) is 10.0 Å². The molecule has 0 aliphatic heterocycles. The van der Waals surface area contributed by atoms with Gasteiger partial charge in [-0.05, 0) is 32.0 Å². The molecule has 1 aromatic heterocycles. The number of hydrogen-bond donors (Lipinski definition) is 3. The Morgan fingerprint density at radius 3 is 2.72 bits per heavy atom. The fourth-order valence-electron chi connectivity index (χ4n) is 1.72. The van der Waals surface area contributed by atoms with Crippen LogP contribution in [-0.4, -0.2) is 33.7 Å². The van der Waals surface area contributed by atoms with Crippen LogP contribution in [0, 0.1) is 5.41 Å². The van der Waals surface area contributed by atoms with E-state index in [4.69, 9.17) is 9.52 Å². The first-order valence-electron chi connectivity index (χ1n) is 5.85. The molecule has 0 radical (unpaired) electrons. The molecule has 1 saturated carbocycles. The van der Waals surface area contributed by atoms with Crippen LogP contribution in [-0.2, 0) is 16.6 Å². The average Bonchev–Trinajstić information content (AvgIpc) is 2.98. The molecule has 6 nitrogen and oxygen atoms in total. The minimum absolute atomic E-state index is 0.0342. The summed E-state index contributed by atoms with van der Waals surface area (Å²) in [6, 6.07) is 3.07. The Hall–Kier alpha value is -0.890. The normalized spacial score (nSPS) is 17.9. The highest BCUT2D eigenvalue weighted by atomic mass is 32.2. The van der Waals surface area contributed by atoms with Gasteiger partial charge in [-0.2, -0.15) is 0 Å². The predicted octanol–water partition coefficient (Wildman–Crippen LogP) is 0.0498. The summed E-state index contributed by atoms with van der Waals surface area (Å²) in [7, 11) is -2.17. The van der Waals surface area contributed by atoms with Gasteiger partial charge in [-0.15, -0.1) is 0 Å². The monoisotopic (exact) mass is 274 g/mol. The maximum absolute atomic E-state index is 11.4. The molecule has 7 heteroatoms. The largest absolute Gasteiger partial charge is 0.447 e. The van der Waals surface area contributed by atoms with Gasteiger partial charge in [0.05, 0.1) is 6.54 Å². The molecule has 0 atom stereocenters. The number of nitrogens with one attached hydrogen (secondary N) is 2. The van der Waals surface area contributed by atoms with Crippen molar-refractivity contribution in [3.05, 3.63) is 17.9 Å². The Morgan fingerprint density at radius 2 is 2.17 bits per heavy atom. The van der Waals surface area contributed by atoms with Gasteiger partial charge in [0.1, 0.15) is 5.76 Å². The zero-order valence-corrected chi connectivity index (χ0v) is 11.1. The van der Waals surface area contributed by atoms with E-state index in [9.17, 15) is 8.42 Å². The van der Waals surface area contributed by atoms with E-state index in [1.54, 1.807) is 6.07 Å². The van der Waals surface area contributed by atoms with Crippen LogP contribution in [0.3, 0.4) is 0 Å². The fraction of sp³-hybridized carbons (Fsp3) is 0.636. The minimum Gasteiger partial charge on any atom is -0.447 e. The molecule has 0 unspecified atom stereocenters. The van der Waals surface area contributed by atoms with Crippen LogP contribution in [0.4, 0.5) is 0 Å². The third kappa shape index (κ3) is 2.92. The molecule has 1 heterocycles. The number of hydrogen-bond acceptors (Lipinski definition) is 5. The number of sulfonamides is 1. The lowest BCUT2D eigenvalue weighted by Gasteiger charge is -2.11. The molecule has 102 valence electrons. The molecule has 0 spiro atoms. The van der Waals surface area contributed by atoms with E-state index >= 15 is 0 Å². The summed E-state index contributed by atoms with van der Waals surface area (Å²) < 4.78 is 30.3. The van der Waals surface area contributed by atoms with Crippen LogP contribution in [0.15, 0.2) is 21.6 Å². The molecule has 1 fully saturated rings. The summed E-state index contributed by atoms with van der Waals surface area (Å²) in [5.41, 5.74) is 0.0342. The summed E-state index contributed by atoms with van der Waals surface area (Å²) in [6.07, 6.45) is 2.07. The van der Waals surface area contributed by atoms with Crippen LogP contribution in [0.2, 0.25) is 0 Å². The van der Waals surface area contributed by atoms with Gasteiger partial charge in [0.25, 0.3) is 10.0 Å². The van der Waals surface area contributed by atoms with Crippen molar-refractivity contribution in [3.8, 4) is 0 Å². The molecule has 2 rings (SSSR count). The van der Waals surface area contributed by atoms with Crippen molar-refractivity contribution in [2.75, 3.05) is 20.2 Å². The maximum atomic E-state index is 11.4. The van der Waals surface area contributed by atoms with Crippen LogP contribution in [0.1, 0.15) is 18.6 Å². The van der Waals surface area contributed by atoms with Crippen LogP contribution >= 0.6 is 0 Å². The van der Waals surface area contributed by atoms with Crippen molar-refractivity contribution in [1.82, 2.24) is 10.0 Å². The number of aliphatic hydroxyl groups excluding tert-OH is 1. The van der Waals surface area contributed by atoms with E-state index in [1.807, 2.05) is 0 Å². The van der Waals surface area contributed by atoms with E-state index in [1.165, 1.54) is 13.1 Å². The second-order valence-corrected chi connectivity index (χ2v) is 6.51. The smallest absolute Gasteiger partial charge is 0.273 e. The molecule has 1 aromatic rings. The average molecular weight is 274 g/mol. The Balaban J connectivity index is 1.88. The fourth-order valence-corrected chi connectivity index (χ4v) is 2.38. The van der Waals surface area contributed by atoms with E-state index < -0.39 is 10.0 Å². The zero-order valence-electron chi connectivity index (χ0n) is 10.3. The van der Waals surface area contributed by atoms with Crippen molar-refractivity contribution >= 4 is 10.0 Å². The Morgan fingerprint density at radius 1 is 1.44 bits per heavy atom. The molecular weight excluding hydrogens is 256 g/mol. The molecule has 0 amide bonds. The second-order valence-electron chi connectivity index (χ2n) is 4.69. The van der Waals surface area contributed by atoms with E-state index in [-0.39, 0.29) is 17.1 Å². The summed E-state index contributed by atoms with van der Waals surface area (Å²) in [4.78, 5) is 0. The van der Waals surface area contributed by atoms with Gasteiger partial charge in [0.2, 0.25) is 5.09 Å². The van der Waals surface area contributed by atoms with Crippen molar-refractivity contribution in [1.29, 1.82) is 0 Å². The SMILES string of the molecule is CNS(=O)(=O)c1ccc(CNCC2(CO)CC2)o1. The van der Waals surface area contributed by atoms with Gasteiger partial charge in [-0.3, -0.25) is 0 Å². The molecule has 18 heavy (non-hydrogen) atoms. The number of furan rings is 1. The standard InChI is InChI=1S/C11H18N2O4S/c1-12-18(15,16)10-3-2-9(17-10)6-13-7-11(8-14)4-5-11/h2-3,12-14H,4-8H2,1H3. The summed E-state index contributed by atoms with van der Waals surface area (Å²) in [5, 5.41) is 12.2. The zero-order chi connectivity index (χ0) is 13.2. The summed E-state index contributed by atoms with van der Waals surface area (Å²) in [6.45, 7) is 1.37. The second kappa shape index (κ2) is 5.00. The lowest BCUT2D eigenvalue weighted by molar-refractivity contribution is 0.206. The molecule has 0 aromatic carbocycles. The first-order chi connectivity index (χ1) is 8.51. The molecule has 3 N–H and O–H groups in total. The first-order valence-corrected chi connectivity index (χ1v) is 7.33. The van der Waals surface area contributed by atoms with Crippen LogP contribution < -0.4 is 10.0 Å². The third-order valence-corrected chi connectivity index (χ3v) is 4.55. The predicted molar refractivity (Wildman–Crippen MR) is 65.4 cm³/mol. The molecular formula is C11H18N2O4S. The summed E-state index contributed by atoms with van der Waals surface area (Å²) >= 11 is 0. The number of rotatable bonds is 7. The van der Waals surface area contributed by atoms with E-state index in [0.29, 0.717) is 12.3 Å². The molecule has 1 aliphatic rings. The van der Waals surface area contributed by atoms with Crippen LogP contribution in [0.25, 0.3) is 0 Å². The topological polar surface area (TPSA) is 91.6 Å². The van der Waals surface area contributed by atoms with Gasteiger partial charge in [-0.25, -0.2) is 13.1 Å². The van der Waals surface area contributed by atoms with Crippen molar-refractivity contribution in [3.63, 3.8) is 0 Å². The minimum atomic E-state index is -3.51. The Bertz CT molecular complexity index is 505. The highest BCUT2D eigenvalue weighted by Crippen LogP contribution is 2.44. The highest BCUT2D eigenvalue weighted by Gasteiger charge is 2.41. The lowest BCUT2D eigenvalue weighted by atomic mass is 10.1. The van der Waals surface area contributed by atoms with Crippen molar-refractivity contribution in [2.24, 2.45) is 5.41 Å². The van der Waals surface area contributed by atoms with Gasteiger partial charge in [0, 0.05) is 18.6 Å². The van der Waals surface area contributed by atoms with Gasteiger partial charge in [0.15, 0.2) is 0 Å². The lowest BCUT2D eigenvalue weighted by Crippen LogP contribution is -2.25. The van der Waals surface area contributed by atoms with Gasteiger partial charge in [-0.1, -0.05) is 0 Å². The van der Waals surface area contributed by atoms with Crippen LogP contribution in [0.5, 0.6) is 0 Å². The van der Waals surface area contributed by atoms with Crippen molar-refractivity contribution in [2.45, 2.75) is 24.5 Å². The first kappa shape index (κ1) is 13.5. The van der Waals surface area contributed by atoms with E-state index in [0.717, 1.165) is 19.4 Å². The summed E-state index contributed by atoms with van der Waals surface area (Å²) in [5.74, 6) is 0.567. The highest BCUT2D eigenvalue weighted by molar-refractivity contribution is 7.89. The Labute approximate surface area is 106 Å². The van der Waals surface area contributed by atoms with Crippen molar-refractivity contribution < 1.29 is 17.9 Å². The molecule has 0 bridgehead atoms. The molecule has 1 aliphatic carbocycles. The Kier molecular flexibility index (Phi) is 3.76. The maximum Gasteiger partial charge on any atom is 0.273 e. The quantitative estimate of drug-likeness (QED) is 0.653. The van der Waals surface area contributed by atoms with Gasteiger partial charge < -0.3 is 14.8 Å². The molecule has 0 saturated heterocycles. The van der Waals surface area contributed by atoms with Gasteiger partial charge >= 0.3 is 0 Å². The third-order valence-electron chi connectivity index (χ3n) is 3.26. The number of aliphatic hydroxyl groups is 1.